The molecule has 2 heterocycles. The number of pyridine rings is 1. The van der Waals surface area contributed by atoms with Crippen molar-refractivity contribution in [3.63, 3.8) is 0 Å². The summed E-state index contributed by atoms with van der Waals surface area (Å²) in [6.45, 7) is 1.83. The van der Waals surface area contributed by atoms with Crippen molar-refractivity contribution in [2.75, 3.05) is 5.32 Å². The lowest BCUT2D eigenvalue weighted by Gasteiger charge is -2.11. The van der Waals surface area contributed by atoms with Gasteiger partial charge in [0.2, 0.25) is 5.91 Å². The first-order valence-electron chi connectivity index (χ1n) is 7.54. The number of hydrogen-bond acceptors (Lipinski definition) is 5. The summed E-state index contributed by atoms with van der Waals surface area (Å²) < 4.78 is 1.75. The Kier molecular flexibility index (Phi) is 4.51. The molecule has 0 unspecified atom stereocenters. The van der Waals surface area contributed by atoms with Crippen LogP contribution in [-0.2, 0) is 11.2 Å². The number of benzene rings is 1. The molecule has 3 rings (SSSR count). The van der Waals surface area contributed by atoms with Gasteiger partial charge < -0.3 is 5.32 Å². The van der Waals surface area contributed by atoms with Crippen LogP contribution in [0.25, 0.3) is 5.82 Å². The van der Waals surface area contributed by atoms with E-state index in [1.165, 1.54) is 6.07 Å². The molecule has 0 spiro atoms. The molecule has 2 aromatic heterocycles. The number of nitrogens with one attached hydrogen (secondary N) is 1. The largest absolute Gasteiger partial charge is 0.323 e. The van der Waals surface area contributed by atoms with Crippen molar-refractivity contribution in [3.8, 4) is 5.82 Å². The van der Waals surface area contributed by atoms with Crippen LogP contribution in [0.3, 0.4) is 0 Å². The van der Waals surface area contributed by atoms with Gasteiger partial charge in [0, 0.05) is 30.2 Å². The molecule has 0 atom stereocenters. The van der Waals surface area contributed by atoms with Crippen LogP contribution in [0.5, 0.6) is 0 Å². The zero-order valence-corrected chi connectivity index (χ0v) is 13.4. The molecule has 0 saturated heterocycles. The molecule has 1 amide bonds. The smallest absolute Gasteiger partial charge is 0.273 e. The summed E-state index contributed by atoms with van der Waals surface area (Å²) in [4.78, 5) is 31.4. The van der Waals surface area contributed by atoms with Crippen molar-refractivity contribution < 1.29 is 9.72 Å². The van der Waals surface area contributed by atoms with E-state index in [0.29, 0.717) is 17.1 Å². The number of amides is 1. The number of hydrogen-bond donors (Lipinski definition) is 1. The van der Waals surface area contributed by atoms with Crippen LogP contribution in [0.1, 0.15) is 11.4 Å². The first-order valence-corrected chi connectivity index (χ1v) is 7.54. The van der Waals surface area contributed by atoms with Gasteiger partial charge in [0.05, 0.1) is 17.0 Å². The minimum absolute atomic E-state index is 0.0745. The number of imidazole rings is 1. The monoisotopic (exact) mass is 337 g/mol. The number of carbonyl (C=O) groups is 1. The molecule has 8 nitrogen and oxygen atoms in total. The summed E-state index contributed by atoms with van der Waals surface area (Å²) in [5.74, 6) is 0.905. The molecule has 126 valence electrons. The number of anilines is 1. The third-order valence-electron chi connectivity index (χ3n) is 3.65. The molecule has 25 heavy (non-hydrogen) atoms. The van der Waals surface area contributed by atoms with Gasteiger partial charge in [-0.1, -0.05) is 18.2 Å². The van der Waals surface area contributed by atoms with Gasteiger partial charge in [-0.2, -0.15) is 0 Å². The van der Waals surface area contributed by atoms with Crippen molar-refractivity contribution in [3.05, 3.63) is 76.5 Å². The lowest BCUT2D eigenvalue weighted by Crippen LogP contribution is -2.17. The Labute approximate surface area is 143 Å². The second-order valence-electron chi connectivity index (χ2n) is 5.33. The second-order valence-corrected chi connectivity index (χ2v) is 5.33. The molecule has 0 fully saturated rings. The van der Waals surface area contributed by atoms with Crippen LogP contribution < -0.4 is 5.32 Å². The van der Waals surface area contributed by atoms with E-state index in [-0.39, 0.29) is 18.0 Å². The molecule has 0 radical (unpaired) electrons. The molecule has 0 saturated carbocycles. The minimum Gasteiger partial charge on any atom is -0.323 e. The van der Waals surface area contributed by atoms with E-state index in [1.54, 1.807) is 53.5 Å². The zero-order valence-electron chi connectivity index (χ0n) is 13.4. The lowest BCUT2D eigenvalue weighted by molar-refractivity contribution is -0.385. The van der Waals surface area contributed by atoms with Crippen LogP contribution in [0.15, 0.2) is 55.0 Å². The van der Waals surface area contributed by atoms with Gasteiger partial charge in [-0.15, -0.1) is 0 Å². The molecule has 1 N–H and O–H groups in total. The summed E-state index contributed by atoms with van der Waals surface area (Å²) in [5, 5.41) is 13.8. The van der Waals surface area contributed by atoms with E-state index in [4.69, 9.17) is 0 Å². The Morgan fingerprint density at radius 3 is 2.72 bits per heavy atom. The van der Waals surface area contributed by atoms with Crippen LogP contribution in [0, 0.1) is 17.0 Å². The maximum atomic E-state index is 12.4. The van der Waals surface area contributed by atoms with Crippen LogP contribution in [0.2, 0.25) is 0 Å². The predicted molar refractivity (Wildman–Crippen MR) is 91.5 cm³/mol. The maximum Gasteiger partial charge on any atom is 0.273 e. The fourth-order valence-electron chi connectivity index (χ4n) is 2.49. The van der Waals surface area contributed by atoms with Gasteiger partial charge in [0.15, 0.2) is 5.82 Å². The van der Waals surface area contributed by atoms with Crippen molar-refractivity contribution in [2.24, 2.45) is 0 Å². The molecule has 0 aliphatic heterocycles. The number of nitro groups is 1. The SMILES string of the molecule is Cc1nccn1-c1ncccc1NC(=O)Cc1ccccc1[N+](=O)[O-]. The minimum atomic E-state index is -0.493. The normalized spacial score (nSPS) is 10.4. The molecule has 0 aliphatic carbocycles. The topological polar surface area (TPSA) is 103 Å². The van der Waals surface area contributed by atoms with E-state index >= 15 is 0 Å². The maximum absolute atomic E-state index is 12.4. The van der Waals surface area contributed by atoms with E-state index < -0.39 is 4.92 Å². The Hall–Kier alpha value is -3.55. The first-order chi connectivity index (χ1) is 12.1. The Morgan fingerprint density at radius 1 is 1.20 bits per heavy atom. The summed E-state index contributed by atoms with van der Waals surface area (Å²) in [6.07, 6.45) is 4.90. The number of nitro benzene ring substituents is 1. The third-order valence-corrected chi connectivity index (χ3v) is 3.65. The molecule has 0 bridgehead atoms. The van der Waals surface area contributed by atoms with Crippen molar-refractivity contribution in [2.45, 2.75) is 13.3 Å². The highest BCUT2D eigenvalue weighted by atomic mass is 16.6. The van der Waals surface area contributed by atoms with Gasteiger partial charge >= 0.3 is 0 Å². The first kappa shape index (κ1) is 16.3. The molecule has 3 aromatic rings. The molecule has 0 aliphatic rings. The summed E-state index contributed by atoms with van der Waals surface area (Å²) in [5.41, 5.74) is 0.788. The fraction of sp³-hybridized carbons (Fsp3) is 0.118. The van der Waals surface area contributed by atoms with E-state index in [2.05, 4.69) is 15.3 Å². The highest BCUT2D eigenvalue weighted by Crippen LogP contribution is 2.21. The zero-order chi connectivity index (χ0) is 17.8. The lowest BCUT2D eigenvalue weighted by atomic mass is 10.1. The van der Waals surface area contributed by atoms with Crippen LogP contribution in [0.4, 0.5) is 11.4 Å². The van der Waals surface area contributed by atoms with Crippen LogP contribution >= 0.6 is 0 Å². The number of para-hydroxylation sites is 1. The Morgan fingerprint density at radius 2 is 2.00 bits per heavy atom. The summed E-state index contributed by atoms with van der Waals surface area (Å²) in [7, 11) is 0. The summed E-state index contributed by atoms with van der Waals surface area (Å²) >= 11 is 0. The standard InChI is InChI=1S/C17H15N5O3/c1-12-18-9-10-21(12)17-14(6-4-8-19-17)20-16(23)11-13-5-2-3-7-15(13)22(24)25/h2-10H,11H2,1H3,(H,20,23). The van der Waals surface area contributed by atoms with Gasteiger partial charge in [0.25, 0.3) is 5.69 Å². The average Bonchev–Trinajstić information content (AvgIpc) is 3.01. The van der Waals surface area contributed by atoms with Gasteiger partial charge in [0.1, 0.15) is 5.82 Å². The number of aryl methyl sites for hydroxylation is 1. The summed E-state index contributed by atoms with van der Waals surface area (Å²) in [6, 6.07) is 9.62. The molecule has 1 aromatic carbocycles. The van der Waals surface area contributed by atoms with Crippen molar-refractivity contribution >= 4 is 17.3 Å². The van der Waals surface area contributed by atoms with Gasteiger partial charge in [-0.3, -0.25) is 19.5 Å². The van der Waals surface area contributed by atoms with E-state index in [1.807, 2.05) is 6.92 Å². The fourth-order valence-corrected chi connectivity index (χ4v) is 2.49. The number of aromatic nitrogens is 3. The Balaban J connectivity index is 1.84. The van der Waals surface area contributed by atoms with Crippen LogP contribution in [-0.4, -0.2) is 25.4 Å². The predicted octanol–water partition coefficient (Wildman–Crippen LogP) is 2.67. The second kappa shape index (κ2) is 6.91. The quantitative estimate of drug-likeness (QED) is 0.569. The van der Waals surface area contributed by atoms with E-state index in [9.17, 15) is 14.9 Å². The third kappa shape index (κ3) is 3.52. The number of nitrogens with zero attached hydrogens (tertiary/aromatic N) is 4. The molecular weight excluding hydrogens is 322 g/mol. The van der Waals surface area contributed by atoms with Crippen molar-refractivity contribution in [1.29, 1.82) is 0 Å². The van der Waals surface area contributed by atoms with Gasteiger partial charge in [-0.25, -0.2) is 9.97 Å². The number of rotatable bonds is 5. The average molecular weight is 337 g/mol. The van der Waals surface area contributed by atoms with E-state index in [0.717, 1.165) is 5.82 Å². The Bertz CT molecular complexity index is 935. The molecular formula is C17H15N5O3. The highest BCUT2D eigenvalue weighted by Gasteiger charge is 2.17. The highest BCUT2D eigenvalue weighted by molar-refractivity contribution is 5.94. The molecule has 8 heteroatoms. The van der Waals surface area contributed by atoms with Crippen molar-refractivity contribution in [1.82, 2.24) is 14.5 Å². The van der Waals surface area contributed by atoms with Gasteiger partial charge in [-0.05, 0) is 19.1 Å². The number of carbonyl (C=O) groups excluding carboxylic acids is 1.